The number of hydrogen-bond donors (Lipinski definition) is 0. The third kappa shape index (κ3) is 4.15. The second-order valence-electron chi connectivity index (χ2n) is 6.52. The summed E-state index contributed by atoms with van der Waals surface area (Å²) in [6.45, 7) is 7.23. The van der Waals surface area contributed by atoms with Crippen molar-refractivity contribution >= 4 is 44.5 Å². The predicted molar refractivity (Wildman–Crippen MR) is 108 cm³/mol. The van der Waals surface area contributed by atoms with E-state index < -0.39 is 0 Å². The highest BCUT2D eigenvalue weighted by Gasteiger charge is 2.21. The first-order valence-corrected chi connectivity index (χ1v) is 10.0. The lowest BCUT2D eigenvalue weighted by molar-refractivity contribution is 0.0994. The highest BCUT2D eigenvalue weighted by Crippen LogP contribution is 2.29. The summed E-state index contributed by atoms with van der Waals surface area (Å²) in [5.74, 6) is 0.634. The maximum atomic E-state index is 12.7. The Morgan fingerprint density at radius 3 is 2.48 bits per heavy atom. The van der Waals surface area contributed by atoms with Crippen LogP contribution in [0.1, 0.15) is 31.1 Å². The van der Waals surface area contributed by atoms with E-state index in [0.29, 0.717) is 5.92 Å². The highest BCUT2D eigenvalue weighted by molar-refractivity contribution is 9.10. The van der Waals surface area contributed by atoms with Crippen molar-refractivity contribution in [2.24, 2.45) is 5.92 Å². The summed E-state index contributed by atoms with van der Waals surface area (Å²) in [6, 6.07) is 15.7. The van der Waals surface area contributed by atoms with Gasteiger partial charge in [0.15, 0.2) is 10.9 Å². The summed E-state index contributed by atoms with van der Waals surface area (Å²) in [5, 5.41) is 0.719. The van der Waals surface area contributed by atoms with Gasteiger partial charge in [-0.3, -0.25) is 4.79 Å². The SMILES string of the molecule is CC(C)Cn1c(S[C@H](C)C(=O)c2ccc(Br)cc2)nc2ccccc21. The molecule has 1 heterocycles. The molecular weight excluding hydrogens is 396 g/mol. The average molecular weight is 417 g/mol. The van der Waals surface area contributed by atoms with E-state index in [9.17, 15) is 4.79 Å². The number of ketones is 1. The van der Waals surface area contributed by atoms with Crippen LogP contribution in [-0.2, 0) is 6.54 Å². The van der Waals surface area contributed by atoms with Gasteiger partial charge in [-0.15, -0.1) is 0 Å². The molecule has 0 saturated carbocycles. The molecule has 3 rings (SSSR count). The zero-order valence-electron chi connectivity index (χ0n) is 14.6. The number of para-hydroxylation sites is 2. The van der Waals surface area contributed by atoms with Crippen LogP contribution in [-0.4, -0.2) is 20.6 Å². The van der Waals surface area contributed by atoms with Crippen molar-refractivity contribution in [1.82, 2.24) is 9.55 Å². The number of hydrogen-bond acceptors (Lipinski definition) is 3. The van der Waals surface area contributed by atoms with Crippen LogP contribution in [0.15, 0.2) is 58.2 Å². The summed E-state index contributed by atoms with van der Waals surface area (Å²) < 4.78 is 3.21. The number of fused-ring (bicyclic) bond motifs is 1. The molecule has 25 heavy (non-hydrogen) atoms. The maximum absolute atomic E-state index is 12.7. The zero-order valence-corrected chi connectivity index (χ0v) is 17.0. The van der Waals surface area contributed by atoms with Crippen molar-refractivity contribution < 1.29 is 4.79 Å². The third-order valence-corrected chi connectivity index (χ3v) is 5.57. The first kappa shape index (κ1) is 18.2. The second-order valence-corrected chi connectivity index (χ2v) is 8.74. The van der Waals surface area contributed by atoms with Gasteiger partial charge in [0.2, 0.25) is 0 Å². The third-order valence-electron chi connectivity index (χ3n) is 3.95. The number of rotatable bonds is 6. The van der Waals surface area contributed by atoms with E-state index >= 15 is 0 Å². The van der Waals surface area contributed by atoms with Crippen molar-refractivity contribution in [3.63, 3.8) is 0 Å². The Kier molecular flexibility index (Phi) is 5.64. The molecule has 0 aliphatic rings. The number of thioether (sulfide) groups is 1. The fourth-order valence-corrected chi connectivity index (χ4v) is 4.02. The van der Waals surface area contributed by atoms with Gasteiger partial charge in [-0.25, -0.2) is 4.98 Å². The first-order chi connectivity index (χ1) is 12.0. The van der Waals surface area contributed by atoms with Crippen LogP contribution in [0.5, 0.6) is 0 Å². The minimum absolute atomic E-state index is 0.126. The molecule has 0 N–H and O–H groups in total. The molecule has 0 bridgehead atoms. The molecule has 0 aliphatic carbocycles. The maximum Gasteiger partial charge on any atom is 0.175 e. The molecule has 2 aromatic carbocycles. The first-order valence-electron chi connectivity index (χ1n) is 8.37. The predicted octanol–water partition coefficient (Wildman–Crippen LogP) is 5.82. The molecule has 130 valence electrons. The van der Waals surface area contributed by atoms with Gasteiger partial charge in [-0.05, 0) is 37.1 Å². The number of benzene rings is 2. The Bertz CT molecular complexity index is 886. The quantitative estimate of drug-likeness (QED) is 0.375. The monoisotopic (exact) mass is 416 g/mol. The van der Waals surface area contributed by atoms with Gasteiger partial charge in [-0.2, -0.15) is 0 Å². The summed E-state index contributed by atoms with van der Waals surface area (Å²) in [4.78, 5) is 17.5. The topological polar surface area (TPSA) is 34.9 Å². The molecule has 1 atom stereocenters. The van der Waals surface area contributed by atoms with Crippen LogP contribution in [0.4, 0.5) is 0 Å². The number of Topliss-reactive ketones (excluding diaryl/α,β-unsaturated/α-hetero) is 1. The molecule has 0 fully saturated rings. The van der Waals surface area contributed by atoms with Crippen LogP contribution in [0.25, 0.3) is 11.0 Å². The van der Waals surface area contributed by atoms with Crippen molar-refractivity contribution in [3.8, 4) is 0 Å². The Morgan fingerprint density at radius 1 is 1.12 bits per heavy atom. The van der Waals surface area contributed by atoms with Gasteiger partial charge in [0.05, 0.1) is 16.3 Å². The lowest BCUT2D eigenvalue weighted by atomic mass is 10.1. The fraction of sp³-hybridized carbons (Fsp3) is 0.300. The number of halogens is 1. The lowest BCUT2D eigenvalue weighted by Crippen LogP contribution is -2.15. The van der Waals surface area contributed by atoms with Crippen LogP contribution in [0, 0.1) is 5.92 Å². The van der Waals surface area contributed by atoms with Gasteiger partial charge in [0.25, 0.3) is 0 Å². The van der Waals surface area contributed by atoms with E-state index in [-0.39, 0.29) is 11.0 Å². The molecule has 0 amide bonds. The number of imidazole rings is 1. The normalized spacial score (nSPS) is 12.7. The molecule has 3 nitrogen and oxygen atoms in total. The van der Waals surface area contributed by atoms with Crippen LogP contribution < -0.4 is 0 Å². The van der Waals surface area contributed by atoms with E-state index in [0.717, 1.165) is 32.8 Å². The molecule has 0 radical (unpaired) electrons. The standard InChI is InChI=1S/C20H21BrN2OS/c1-13(2)12-23-18-7-5-4-6-17(18)22-20(23)25-14(3)19(24)15-8-10-16(21)11-9-15/h4-11,13-14H,12H2,1-3H3/t14-/m1/s1. The number of carbonyl (C=O) groups excluding carboxylic acids is 1. The van der Waals surface area contributed by atoms with Crippen LogP contribution >= 0.6 is 27.7 Å². The molecule has 5 heteroatoms. The van der Waals surface area contributed by atoms with Gasteiger partial charge in [-0.1, -0.05) is 65.8 Å². The molecular formula is C20H21BrN2OS. The lowest BCUT2D eigenvalue weighted by Gasteiger charge is -2.14. The Balaban J connectivity index is 1.88. The average Bonchev–Trinajstić information content (AvgIpc) is 2.92. The summed E-state index contributed by atoms with van der Waals surface area (Å²) >= 11 is 4.94. The van der Waals surface area contributed by atoms with Crippen molar-refractivity contribution in [1.29, 1.82) is 0 Å². The van der Waals surface area contributed by atoms with Gasteiger partial charge >= 0.3 is 0 Å². The van der Waals surface area contributed by atoms with Gasteiger partial charge in [0.1, 0.15) is 0 Å². The van der Waals surface area contributed by atoms with E-state index in [4.69, 9.17) is 4.98 Å². The van der Waals surface area contributed by atoms with Crippen molar-refractivity contribution in [2.45, 2.75) is 37.7 Å². The zero-order chi connectivity index (χ0) is 18.0. The Hall–Kier alpha value is -1.59. The number of aromatic nitrogens is 2. The molecule has 1 aromatic heterocycles. The fourth-order valence-electron chi connectivity index (χ4n) is 2.75. The Labute approximate surface area is 161 Å². The molecule has 0 spiro atoms. The second kappa shape index (κ2) is 7.75. The summed E-state index contributed by atoms with van der Waals surface area (Å²) in [6.07, 6.45) is 0. The largest absolute Gasteiger partial charge is 0.319 e. The van der Waals surface area contributed by atoms with Gasteiger partial charge < -0.3 is 4.57 Å². The van der Waals surface area contributed by atoms with Gasteiger partial charge in [0, 0.05) is 16.6 Å². The number of nitrogens with zero attached hydrogens (tertiary/aromatic N) is 2. The highest BCUT2D eigenvalue weighted by atomic mass is 79.9. The molecule has 0 aliphatic heterocycles. The van der Waals surface area contributed by atoms with E-state index in [1.807, 2.05) is 49.4 Å². The van der Waals surface area contributed by atoms with E-state index in [1.165, 1.54) is 11.8 Å². The smallest absolute Gasteiger partial charge is 0.175 e. The number of carbonyl (C=O) groups is 1. The van der Waals surface area contributed by atoms with Crippen molar-refractivity contribution in [3.05, 3.63) is 58.6 Å². The Morgan fingerprint density at radius 2 is 1.80 bits per heavy atom. The van der Waals surface area contributed by atoms with Crippen molar-refractivity contribution in [2.75, 3.05) is 0 Å². The summed E-state index contributed by atoms with van der Waals surface area (Å²) in [5.41, 5.74) is 2.84. The minimum atomic E-state index is -0.191. The molecule has 0 unspecified atom stereocenters. The van der Waals surface area contributed by atoms with E-state index in [2.05, 4.69) is 40.4 Å². The van der Waals surface area contributed by atoms with Crippen LogP contribution in [0.2, 0.25) is 0 Å². The molecule has 0 saturated heterocycles. The van der Waals surface area contributed by atoms with E-state index in [1.54, 1.807) is 0 Å². The van der Waals surface area contributed by atoms with Crippen LogP contribution in [0.3, 0.4) is 0 Å². The molecule has 3 aromatic rings. The minimum Gasteiger partial charge on any atom is -0.319 e. The summed E-state index contributed by atoms with van der Waals surface area (Å²) in [7, 11) is 0.